The molecule has 4 nitrogen and oxygen atoms in total. The maximum absolute atomic E-state index is 6.11. The van der Waals surface area contributed by atoms with E-state index in [9.17, 15) is 0 Å². The van der Waals surface area contributed by atoms with Crippen LogP contribution in [-0.4, -0.2) is 55.2 Å². The van der Waals surface area contributed by atoms with Crippen molar-refractivity contribution in [3.05, 3.63) is 29.8 Å². The van der Waals surface area contributed by atoms with Gasteiger partial charge in [-0.05, 0) is 57.8 Å². The summed E-state index contributed by atoms with van der Waals surface area (Å²) in [7, 11) is 0. The molecule has 0 amide bonds. The van der Waals surface area contributed by atoms with Gasteiger partial charge in [0.1, 0.15) is 5.75 Å². The van der Waals surface area contributed by atoms with Gasteiger partial charge >= 0.3 is 0 Å². The highest BCUT2D eigenvalue weighted by molar-refractivity contribution is 5.85. The Morgan fingerprint density at radius 1 is 0.962 bits per heavy atom. The van der Waals surface area contributed by atoms with Crippen LogP contribution in [-0.2, 0) is 6.54 Å². The first-order chi connectivity index (χ1) is 11.8. The smallest absolute Gasteiger partial charge is 0.123 e. The van der Waals surface area contributed by atoms with Gasteiger partial charge in [-0.25, -0.2) is 0 Å². The minimum absolute atomic E-state index is 0. The largest absolute Gasteiger partial charge is 0.493 e. The minimum atomic E-state index is 0. The zero-order valence-electron chi connectivity index (χ0n) is 15.8. The molecule has 2 heterocycles. The van der Waals surface area contributed by atoms with Crippen LogP contribution in [0, 0.1) is 0 Å². The fraction of sp³-hybridized carbons (Fsp3) is 0.700. The van der Waals surface area contributed by atoms with E-state index in [0.29, 0.717) is 6.04 Å². The molecule has 2 aliphatic heterocycles. The maximum Gasteiger partial charge on any atom is 0.123 e. The van der Waals surface area contributed by atoms with Crippen LogP contribution in [0.5, 0.6) is 5.75 Å². The van der Waals surface area contributed by atoms with Crippen LogP contribution < -0.4 is 10.5 Å². The molecule has 2 aliphatic rings. The summed E-state index contributed by atoms with van der Waals surface area (Å²) in [6.45, 7) is 7.63. The Morgan fingerprint density at radius 2 is 1.69 bits per heavy atom. The Labute approximate surface area is 171 Å². The first-order valence-electron chi connectivity index (χ1n) is 9.72. The van der Waals surface area contributed by atoms with Crippen molar-refractivity contribution in [3.8, 4) is 5.75 Å². The van der Waals surface area contributed by atoms with Crippen LogP contribution in [0.3, 0.4) is 0 Å². The van der Waals surface area contributed by atoms with E-state index >= 15 is 0 Å². The van der Waals surface area contributed by atoms with E-state index in [2.05, 4.69) is 34.1 Å². The molecule has 1 aromatic carbocycles. The second kappa shape index (κ2) is 12.8. The lowest BCUT2D eigenvalue weighted by Gasteiger charge is -2.31. The predicted octanol–water partition coefficient (Wildman–Crippen LogP) is 3.71. The summed E-state index contributed by atoms with van der Waals surface area (Å²) in [5, 5.41) is 0. The van der Waals surface area contributed by atoms with Crippen molar-refractivity contribution in [2.45, 2.75) is 51.1 Å². The molecule has 0 aromatic heterocycles. The highest BCUT2D eigenvalue weighted by Gasteiger charge is 2.18. The summed E-state index contributed by atoms with van der Waals surface area (Å²) < 4.78 is 6.11. The molecule has 1 unspecified atom stereocenters. The van der Waals surface area contributed by atoms with E-state index in [1.54, 1.807) is 0 Å². The van der Waals surface area contributed by atoms with Crippen LogP contribution in [0.2, 0.25) is 0 Å². The van der Waals surface area contributed by atoms with Gasteiger partial charge in [0.15, 0.2) is 0 Å². The third-order valence-corrected chi connectivity index (χ3v) is 5.23. The van der Waals surface area contributed by atoms with Crippen LogP contribution in [0.25, 0.3) is 0 Å². The molecule has 0 bridgehead atoms. The molecule has 6 heteroatoms. The molecular formula is C20H35Cl2N3O. The molecule has 3 rings (SSSR count). The van der Waals surface area contributed by atoms with Crippen molar-refractivity contribution in [3.63, 3.8) is 0 Å². The van der Waals surface area contributed by atoms with Crippen molar-refractivity contribution >= 4 is 24.8 Å². The van der Waals surface area contributed by atoms with Crippen LogP contribution in [0.1, 0.15) is 44.1 Å². The van der Waals surface area contributed by atoms with Gasteiger partial charge in [-0.2, -0.15) is 0 Å². The summed E-state index contributed by atoms with van der Waals surface area (Å²) in [5.74, 6) is 1.05. The average Bonchev–Trinajstić information content (AvgIpc) is 2.61. The molecular weight excluding hydrogens is 369 g/mol. The Morgan fingerprint density at radius 3 is 2.46 bits per heavy atom. The van der Waals surface area contributed by atoms with Crippen molar-refractivity contribution < 1.29 is 4.74 Å². The van der Waals surface area contributed by atoms with E-state index in [1.807, 2.05) is 0 Å². The number of hydrogen-bond donors (Lipinski definition) is 1. The number of benzene rings is 1. The second-order valence-corrected chi connectivity index (χ2v) is 7.35. The van der Waals surface area contributed by atoms with Crippen LogP contribution in [0.15, 0.2) is 24.3 Å². The van der Waals surface area contributed by atoms with Crippen molar-refractivity contribution in [1.29, 1.82) is 0 Å². The van der Waals surface area contributed by atoms with Gasteiger partial charge in [-0.1, -0.05) is 24.6 Å². The molecule has 2 saturated heterocycles. The molecule has 26 heavy (non-hydrogen) atoms. The number of rotatable bonds is 7. The van der Waals surface area contributed by atoms with E-state index in [4.69, 9.17) is 10.5 Å². The van der Waals surface area contributed by atoms with E-state index in [1.165, 1.54) is 50.9 Å². The Hall–Kier alpha value is -0.520. The monoisotopic (exact) mass is 403 g/mol. The lowest BCUT2D eigenvalue weighted by Crippen LogP contribution is -2.42. The third-order valence-electron chi connectivity index (χ3n) is 5.23. The summed E-state index contributed by atoms with van der Waals surface area (Å²) in [6.07, 6.45) is 7.61. The topological polar surface area (TPSA) is 41.7 Å². The van der Waals surface area contributed by atoms with Crippen molar-refractivity contribution in [1.82, 2.24) is 9.80 Å². The van der Waals surface area contributed by atoms with Gasteiger partial charge < -0.3 is 15.4 Å². The fourth-order valence-corrected chi connectivity index (χ4v) is 3.90. The summed E-state index contributed by atoms with van der Waals surface area (Å²) in [5.41, 5.74) is 7.40. The summed E-state index contributed by atoms with van der Waals surface area (Å²) in [4.78, 5) is 5.04. The van der Waals surface area contributed by atoms with Gasteiger partial charge in [-0.15, -0.1) is 24.8 Å². The second-order valence-electron chi connectivity index (χ2n) is 7.35. The molecule has 1 atom stereocenters. The van der Waals surface area contributed by atoms with Gasteiger partial charge in [0, 0.05) is 31.2 Å². The molecule has 0 spiro atoms. The van der Waals surface area contributed by atoms with Gasteiger partial charge in [0.25, 0.3) is 0 Å². The first-order valence-corrected chi connectivity index (χ1v) is 9.72. The van der Waals surface area contributed by atoms with E-state index < -0.39 is 0 Å². The number of likely N-dealkylation sites (tertiary alicyclic amines) is 2. The number of nitrogens with two attached hydrogens (primary N) is 1. The van der Waals surface area contributed by atoms with Crippen molar-refractivity contribution in [2.24, 2.45) is 5.73 Å². The number of nitrogens with zero attached hydrogens (tertiary/aromatic N) is 2. The lowest BCUT2D eigenvalue weighted by molar-refractivity contribution is 0.192. The molecule has 0 radical (unpaired) electrons. The quantitative estimate of drug-likeness (QED) is 0.704. The summed E-state index contributed by atoms with van der Waals surface area (Å²) in [6, 6.07) is 8.82. The highest BCUT2D eigenvalue weighted by Crippen LogP contribution is 2.22. The standard InChI is InChI=1S/C20H33N3O.2ClH/c21-19-9-6-13-23(17-19)16-18-8-2-3-10-20(18)24-15-7-14-22-11-4-1-5-12-22;;/h2-3,8,10,19H,1,4-7,9,11-17,21H2;2*1H. The van der Waals surface area contributed by atoms with Gasteiger partial charge in [-0.3, -0.25) is 4.90 Å². The van der Waals surface area contributed by atoms with Crippen molar-refractivity contribution in [2.75, 3.05) is 39.3 Å². The fourth-order valence-electron chi connectivity index (χ4n) is 3.90. The molecule has 0 aliphatic carbocycles. The number of piperidine rings is 2. The predicted molar refractivity (Wildman–Crippen MR) is 114 cm³/mol. The first kappa shape index (κ1) is 23.5. The number of hydrogen-bond acceptors (Lipinski definition) is 4. The molecule has 2 fully saturated rings. The SMILES string of the molecule is Cl.Cl.NC1CCCN(Cc2ccccc2OCCCN2CCCCC2)C1. The Balaban J connectivity index is 0.00000169. The van der Waals surface area contributed by atoms with Crippen LogP contribution >= 0.6 is 24.8 Å². The molecule has 1 aromatic rings. The maximum atomic E-state index is 6.11. The normalized spacial score (nSPS) is 21.5. The van der Waals surface area contributed by atoms with Gasteiger partial charge in [0.05, 0.1) is 6.61 Å². The van der Waals surface area contributed by atoms with Crippen LogP contribution in [0.4, 0.5) is 0 Å². The molecule has 0 saturated carbocycles. The van der Waals surface area contributed by atoms with Gasteiger partial charge in [0.2, 0.25) is 0 Å². The van der Waals surface area contributed by atoms with E-state index in [0.717, 1.165) is 44.8 Å². The zero-order chi connectivity index (χ0) is 16.6. The third kappa shape index (κ3) is 7.61. The Bertz CT molecular complexity index is 498. The number of ether oxygens (including phenoxy) is 1. The Kier molecular flexibility index (Phi) is 11.6. The lowest BCUT2D eigenvalue weighted by atomic mass is 10.1. The molecule has 150 valence electrons. The van der Waals surface area contributed by atoms with E-state index in [-0.39, 0.29) is 24.8 Å². The minimum Gasteiger partial charge on any atom is -0.493 e. The molecule has 2 N–H and O–H groups in total. The highest BCUT2D eigenvalue weighted by atomic mass is 35.5. The zero-order valence-corrected chi connectivity index (χ0v) is 17.4. The summed E-state index contributed by atoms with van der Waals surface area (Å²) >= 11 is 0. The number of halogens is 2. The average molecular weight is 404 g/mol. The number of para-hydroxylation sites is 1.